The molecule has 2 amide bonds. The summed E-state index contributed by atoms with van der Waals surface area (Å²) < 4.78 is 54.0. The Hall–Kier alpha value is -3.89. The first-order valence-electron chi connectivity index (χ1n) is 8.00. The van der Waals surface area contributed by atoms with Crippen LogP contribution in [0.2, 0.25) is 0 Å². The minimum absolute atomic E-state index is 0.0207. The molecule has 0 bridgehead atoms. The number of hydrogen-bond donors (Lipinski definition) is 2. The van der Waals surface area contributed by atoms with Gasteiger partial charge in [-0.15, -0.1) is 5.12 Å². The third-order valence-electron chi connectivity index (χ3n) is 4.01. The molecule has 0 spiro atoms. The first-order valence-corrected chi connectivity index (χ1v) is 8.00. The van der Waals surface area contributed by atoms with Gasteiger partial charge in [0.15, 0.2) is 5.69 Å². The van der Waals surface area contributed by atoms with Crippen molar-refractivity contribution in [3.05, 3.63) is 71.7 Å². The van der Waals surface area contributed by atoms with Gasteiger partial charge in [0.1, 0.15) is 12.1 Å². The number of imidazole rings is 1. The smallest absolute Gasteiger partial charge is 0.383 e. The molecule has 0 radical (unpaired) electrons. The Morgan fingerprint density at radius 1 is 1.07 bits per heavy atom. The van der Waals surface area contributed by atoms with Gasteiger partial charge in [0, 0.05) is 11.3 Å². The maximum atomic E-state index is 14.4. The summed E-state index contributed by atoms with van der Waals surface area (Å²) in [6.45, 7) is 0. The van der Waals surface area contributed by atoms with Gasteiger partial charge in [-0.2, -0.15) is 13.2 Å². The predicted molar refractivity (Wildman–Crippen MR) is 95.9 cm³/mol. The molecule has 0 aliphatic rings. The van der Waals surface area contributed by atoms with Crippen molar-refractivity contribution in [1.82, 2.24) is 9.55 Å². The standard InChI is InChI=1S/C18H13F4N5O2/c19-18(20,21)11-2-1-3-13(8-11)27(22)17(29)10-4-6-12(7-5-10)26-9-25-14(15(26)23)16(24)28/h1-9H,23H2,(H2,24,28). The first kappa shape index (κ1) is 19.9. The second-order valence-corrected chi connectivity index (χ2v) is 5.89. The molecule has 1 aromatic heterocycles. The Morgan fingerprint density at radius 2 is 1.72 bits per heavy atom. The summed E-state index contributed by atoms with van der Waals surface area (Å²) in [6, 6.07) is 8.64. The van der Waals surface area contributed by atoms with E-state index in [1.165, 1.54) is 35.2 Å². The fourth-order valence-electron chi connectivity index (χ4n) is 2.55. The molecule has 0 saturated heterocycles. The molecule has 0 aliphatic carbocycles. The van der Waals surface area contributed by atoms with Gasteiger partial charge in [0.25, 0.3) is 11.8 Å². The number of anilines is 2. The van der Waals surface area contributed by atoms with E-state index in [-0.39, 0.29) is 22.2 Å². The number of benzene rings is 2. The minimum atomic E-state index is -4.67. The average Bonchev–Trinajstić information content (AvgIpc) is 3.08. The van der Waals surface area contributed by atoms with Crippen molar-refractivity contribution in [3.8, 4) is 5.69 Å². The van der Waals surface area contributed by atoms with Gasteiger partial charge >= 0.3 is 6.18 Å². The monoisotopic (exact) mass is 407 g/mol. The molecule has 0 atom stereocenters. The highest BCUT2D eigenvalue weighted by Gasteiger charge is 2.31. The van der Waals surface area contributed by atoms with Crippen LogP contribution < -0.4 is 16.6 Å². The number of carbonyl (C=O) groups excluding carboxylic acids is 2. The number of alkyl halides is 3. The van der Waals surface area contributed by atoms with Crippen LogP contribution in [0, 0.1) is 0 Å². The van der Waals surface area contributed by atoms with Crippen molar-refractivity contribution in [2.24, 2.45) is 5.73 Å². The molecule has 1 heterocycles. The van der Waals surface area contributed by atoms with Crippen molar-refractivity contribution in [3.63, 3.8) is 0 Å². The zero-order valence-electron chi connectivity index (χ0n) is 14.5. The lowest BCUT2D eigenvalue weighted by atomic mass is 10.1. The van der Waals surface area contributed by atoms with E-state index in [0.29, 0.717) is 11.8 Å². The van der Waals surface area contributed by atoms with Crippen LogP contribution in [0.1, 0.15) is 26.4 Å². The molecule has 29 heavy (non-hydrogen) atoms. The zero-order valence-corrected chi connectivity index (χ0v) is 14.5. The fourth-order valence-corrected chi connectivity index (χ4v) is 2.55. The van der Waals surface area contributed by atoms with Crippen molar-refractivity contribution in [2.75, 3.05) is 10.9 Å². The number of carbonyl (C=O) groups is 2. The van der Waals surface area contributed by atoms with Crippen molar-refractivity contribution in [1.29, 1.82) is 0 Å². The summed E-state index contributed by atoms with van der Waals surface area (Å²) in [5.74, 6) is -2.00. The third kappa shape index (κ3) is 3.88. The maximum Gasteiger partial charge on any atom is 0.416 e. The number of nitrogens with two attached hydrogens (primary N) is 2. The Balaban J connectivity index is 1.85. The minimum Gasteiger partial charge on any atom is -0.383 e. The molecular formula is C18H13F4N5O2. The molecule has 3 aromatic rings. The average molecular weight is 407 g/mol. The highest BCUT2D eigenvalue weighted by Crippen LogP contribution is 2.32. The molecule has 4 N–H and O–H groups in total. The van der Waals surface area contributed by atoms with Crippen LogP contribution in [-0.4, -0.2) is 21.4 Å². The number of amides is 2. The van der Waals surface area contributed by atoms with E-state index >= 15 is 0 Å². The highest BCUT2D eigenvalue weighted by atomic mass is 19.4. The number of rotatable bonds is 4. The number of nitrogen functional groups attached to an aromatic ring is 1. The van der Waals surface area contributed by atoms with E-state index in [9.17, 15) is 27.2 Å². The van der Waals surface area contributed by atoms with Crippen LogP contribution in [0.15, 0.2) is 54.9 Å². The Labute approximate surface area is 161 Å². The molecule has 0 fully saturated rings. The summed E-state index contributed by atoms with van der Waals surface area (Å²) in [5.41, 5.74) is 9.43. The van der Waals surface area contributed by atoms with Gasteiger partial charge in [-0.3, -0.25) is 14.2 Å². The van der Waals surface area contributed by atoms with Crippen molar-refractivity contribution >= 4 is 23.3 Å². The van der Waals surface area contributed by atoms with Crippen LogP contribution >= 0.6 is 0 Å². The molecule has 0 saturated carbocycles. The largest absolute Gasteiger partial charge is 0.416 e. The van der Waals surface area contributed by atoms with Gasteiger partial charge in [-0.05, 0) is 42.5 Å². The summed E-state index contributed by atoms with van der Waals surface area (Å²) in [7, 11) is 0. The number of halogens is 4. The molecule has 0 aliphatic heterocycles. The summed E-state index contributed by atoms with van der Waals surface area (Å²) in [4.78, 5) is 27.3. The maximum absolute atomic E-state index is 14.4. The van der Waals surface area contributed by atoms with E-state index in [1.54, 1.807) is 0 Å². The fraction of sp³-hybridized carbons (Fsp3) is 0.0556. The normalized spacial score (nSPS) is 11.3. The number of primary amides is 1. The Morgan fingerprint density at radius 3 is 2.28 bits per heavy atom. The van der Waals surface area contributed by atoms with E-state index in [0.717, 1.165) is 18.2 Å². The SMILES string of the molecule is NC(=O)c1ncn(-c2ccc(C(=O)N(F)c3cccc(C(F)(F)F)c3)cc2)c1N. The van der Waals surface area contributed by atoms with Gasteiger partial charge in [0.05, 0.1) is 11.3 Å². The van der Waals surface area contributed by atoms with Crippen LogP contribution in [-0.2, 0) is 6.18 Å². The highest BCUT2D eigenvalue weighted by molar-refractivity contribution is 6.04. The van der Waals surface area contributed by atoms with Crippen LogP contribution in [0.4, 0.5) is 29.2 Å². The second kappa shape index (κ2) is 7.26. The van der Waals surface area contributed by atoms with E-state index in [2.05, 4.69) is 4.98 Å². The van der Waals surface area contributed by atoms with Crippen LogP contribution in [0.5, 0.6) is 0 Å². The van der Waals surface area contributed by atoms with Gasteiger partial charge in [0.2, 0.25) is 0 Å². The quantitative estimate of drug-likeness (QED) is 0.512. The molecule has 7 nitrogen and oxygen atoms in total. The van der Waals surface area contributed by atoms with Gasteiger partial charge in [-0.25, -0.2) is 4.98 Å². The zero-order chi connectivity index (χ0) is 21.3. The summed E-state index contributed by atoms with van der Waals surface area (Å²) in [5, 5.41) is -0.374. The molecule has 0 unspecified atom stereocenters. The lowest BCUT2D eigenvalue weighted by molar-refractivity contribution is -0.137. The number of hydrogen-bond acceptors (Lipinski definition) is 4. The van der Waals surface area contributed by atoms with Crippen molar-refractivity contribution < 1.29 is 27.2 Å². The molecule has 3 rings (SSSR count). The third-order valence-corrected chi connectivity index (χ3v) is 4.01. The number of aromatic nitrogens is 2. The second-order valence-electron chi connectivity index (χ2n) is 5.89. The first-order chi connectivity index (χ1) is 13.6. The Kier molecular flexibility index (Phi) is 4.97. The molecule has 2 aromatic carbocycles. The molecule has 11 heteroatoms. The molecule has 150 valence electrons. The van der Waals surface area contributed by atoms with Gasteiger partial charge in [-0.1, -0.05) is 10.5 Å². The van der Waals surface area contributed by atoms with Crippen LogP contribution in [0.25, 0.3) is 5.69 Å². The number of nitrogens with zero attached hydrogens (tertiary/aromatic N) is 3. The summed E-state index contributed by atoms with van der Waals surface area (Å²) in [6.07, 6.45) is -3.42. The predicted octanol–water partition coefficient (Wildman–Crippen LogP) is 3.10. The van der Waals surface area contributed by atoms with E-state index in [4.69, 9.17) is 11.5 Å². The van der Waals surface area contributed by atoms with E-state index < -0.39 is 29.2 Å². The summed E-state index contributed by atoms with van der Waals surface area (Å²) >= 11 is 0. The van der Waals surface area contributed by atoms with E-state index in [1.807, 2.05) is 0 Å². The van der Waals surface area contributed by atoms with Crippen LogP contribution in [0.3, 0.4) is 0 Å². The topological polar surface area (TPSA) is 107 Å². The van der Waals surface area contributed by atoms with Gasteiger partial charge < -0.3 is 11.5 Å². The lowest BCUT2D eigenvalue weighted by Crippen LogP contribution is -2.22. The van der Waals surface area contributed by atoms with Crippen molar-refractivity contribution in [2.45, 2.75) is 6.18 Å². The Bertz CT molecular complexity index is 1080. The molecular weight excluding hydrogens is 394 g/mol. The lowest BCUT2D eigenvalue weighted by Gasteiger charge is -2.14.